The molecule has 4 rings (SSSR count). The molecule has 0 radical (unpaired) electrons. The Morgan fingerprint density at radius 2 is 1.90 bits per heavy atom. The predicted molar refractivity (Wildman–Crippen MR) is 114 cm³/mol. The second kappa shape index (κ2) is 8.53. The second-order valence-electron chi connectivity index (χ2n) is 7.73. The van der Waals surface area contributed by atoms with Gasteiger partial charge in [-0.2, -0.15) is 0 Å². The topological polar surface area (TPSA) is 65.7 Å². The molecule has 1 unspecified atom stereocenters. The SMILES string of the molecule is CC(CC1CC1)NCc1ccccc1N(C(=O)O)c1ccc(-c2ccco2)cc1. The van der Waals surface area contributed by atoms with E-state index in [1.807, 2.05) is 60.7 Å². The average molecular weight is 390 g/mol. The van der Waals surface area contributed by atoms with Crippen molar-refractivity contribution in [1.82, 2.24) is 5.32 Å². The molecule has 0 aliphatic heterocycles. The van der Waals surface area contributed by atoms with Crippen molar-refractivity contribution in [3.05, 3.63) is 72.5 Å². The Bertz CT molecular complexity index is 947. The number of hydrogen-bond donors (Lipinski definition) is 2. The van der Waals surface area contributed by atoms with E-state index >= 15 is 0 Å². The number of anilines is 2. The fourth-order valence-electron chi connectivity index (χ4n) is 3.67. The number of hydrogen-bond acceptors (Lipinski definition) is 3. The third-order valence-corrected chi connectivity index (χ3v) is 5.38. The van der Waals surface area contributed by atoms with Gasteiger partial charge in [-0.3, -0.25) is 0 Å². The monoisotopic (exact) mass is 390 g/mol. The minimum Gasteiger partial charge on any atom is -0.464 e. The summed E-state index contributed by atoms with van der Waals surface area (Å²) in [6.07, 6.45) is 4.47. The van der Waals surface area contributed by atoms with Crippen LogP contribution in [0.2, 0.25) is 0 Å². The molecule has 1 aromatic heterocycles. The van der Waals surface area contributed by atoms with Gasteiger partial charge in [-0.15, -0.1) is 0 Å². The van der Waals surface area contributed by atoms with E-state index in [9.17, 15) is 9.90 Å². The van der Waals surface area contributed by atoms with E-state index < -0.39 is 6.09 Å². The Balaban J connectivity index is 1.56. The van der Waals surface area contributed by atoms with Crippen LogP contribution in [0.1, 0.15) is 31.7 Å². The summed E-state index contributed by atoms with van der Waals surface area (Å²) in [5, 5.41) is 13.5. The number of furan rings is 1. The number of nitrogens with zero attached hydrogens (tertiary/aromatic N) is 1. The zero-order valence-corrected chi connectivity index (χ0v) is 16.5. The molecule has 0 bridgehead atoms. The summed E-state index contributed by atoms with van der Waals surface area (Å²) in [4.78, 5) is 13.5. The molecule has 1 aliphatic rings. The van der Waals surface area contributed by atoms with Crippen LogP contribution in [0.4, 0.5) is 16.2 Å². The van der Waals surface area contributed by atoms with Crippen LogP contribution in [0, 0.1) is 5.92 Å². The van der Waals surface area contributed by atoms with Gasteiger partial charge in [0.1, 0.15) is 5.76 Å². The van der Waals surface area contributed by atoms with Gasteiger partial charge in [0, 0.05) is 18.2 Å². The molecule has 2 aromatic carbocycles. The summed E-state index contributed by atoms with van der Waals surface area (Å²) >= 11 is 0. The Kier molecular flexibility index (Phi) is 5.67. The third-order valence-electron chi connectivity index (χ3n) is 5.38. The number of nitrogens with one attached hydrogen (secondary N) is 1. The molecule has 29 heavy (non-hydrogen) atoms. The highest BCUT2D eigenvalue weighted by atomic mass is 16.4. The smallest absolute Gasteiger partial charge is 0.416 e. The Morgan fingerprint density at radius 1 is 1.14 bits per heavy atom. The van der Waals surface area contributed by atoms with E-state index in [0.717, 1.165) is 22.8 Å². The van der Waals surface area contributed by atoms with Gasteiger partial charge in [0.25, 0.3) is 0 Å². The standard InChI is InChI=1S/C24H26N2O3/c1-17(15-18-8-9-18)25-16-20-5-2-3-6-22(20)26(24(27)28)21-12-10-19(11-13-21)23-7-4-14-29-23/h2-7,10-14,17-18,25H,8-9,15-16H2,1H3,(H,27,28). The van der Waals surface area contributed by atoms with Crippen LogP contribution in [0.15, 0.2) is 71.3 Å². The maximum Gasteiger partial charge on any atom is 0.416 e. The highest BCUT2D eigenvalue weighted by molar-refractivity contribution is 5.95. The first-order valence-electron chi connectivity index (χ1n) is 10.1. The molecule has 0 spiro atoms. The maximum atomic E-state index is 12.1. The maximum absolute atomic E-state index is 12.1. The minimum absolute atomic E-state index is 0.418. The van der Waals surface area contributed by atoms with Crippen LogP contribution in [-0.2, 0) is 6.54 Å². The van der Waals surface area contributed by atoms with Crippen LogP contribution in [0.5, 0.6) is 0 Å². The molecule has 1 atom stereocenters. The lowest BCUT2D eigenvalue weighted by molar-refractivity contribution is 0.204. The largest absolute Gasteiger partial charge is 0.464 e. The van der Waals surface area contributed by atoms with E-state index in [0.29, 0.717) is 24.0 Å². The Morgan fingerprint density at radius 3 is 2.55 bits per heavy atom. The molecular formula is C24H26N2O3. The van der Waals surface area contributed by atoms with E-state index in [1.54, 1.807) is 6.26 Å². The molecule has 1 heterocycles. The van der Waals surface area contributed by atoms with Crippen molar-refractivity contribution < 1.29 is 14.3 Å². The van der Waals surface area contributed by atoms with E-state index in [-0.39, 0.29) is 0 Å². The van der Waals surface area contributed by atoms with Crippen molar-refractivity contribution >= 4 is 17.5 Å². The molecule has 2 N–H and O–H groups in total. The molecule has 5 nitrogen and oxygen atoms in total. The fraction of sp³-hybridized carbons (Fsp3) is 0.292. The summed E-state index contributed by atoms with van der Waals surface area (Å²) in [7, 11) is 0. The summed E-state index contributed by atoms with van der Waals surface area (Å²) in [5.41, 5.74) is 3.16. The van der Waals surface area contributed by atoms with Crippen molar-refractivity contribution in [3.8, 4) is 11.3 Å². The van der Waals surface area contributed by atoms with E-state index in [4.69, 9.17) is 4.42 Å². The molecular weight excluding hydrogens is 364 g/mol. The molecule has 1 amide bonds. The van der Waals surface area contributed by atoms with Gasteiger partial charge in [0.05, 0.1) is 17.6 Å². The van der Waals surface area contributed by atoms with E-state index in [2.05, 4.69) is 12.2 Å². The van der Waals surface area contributed by atoms with Crippen molar-refractivity contribution in [2.24, 2.45) is 5.92 Å². The molecule has 1 fully saturated rings. The molecule has 1 aliphatic carbocycles. The predicted octanol–water partition coefficient (Wildman–Crippen LogP) is 6.04. The normalized spacial score (nSPS) is 14.5. The lowest BCUT2D eigenvalue weighted by Gasteiger charge is -2.23. The quantitative estimate of drug-likeness (QED) is 0.492. The van der Waals surface area contributed by atoms with Gasteiger partial charge < -0.3 is 14.8 Å². The van der Waals surface area contributed by atoms with Gasteiger partial charge >= 0.3 is 6.09 Å². The van der Waals surface area contributed by atoms with Crippen molar-refractivity contribution in [3.63, 3.8) is 0 Å². The Labute approximate surface area is 171 Å². The first kappa shape index (κ1) is 19.3. The van der Waals surface area contributed by atoms with Gasteiger partial charge in [-0.05, 0) is 67.3 Å². The van der Waals surface area contributed by atoms with Gasteiger partial charge in [-0.25, -0.2) is 9.69 Å². The molecule has 1 saturated carbocycles. The zero-order valence-electron chi connectivity index (χ0n) is 16.5. The summed E-state index contributed by atoms with van der Waals surface area (Å²) in [6.45, 7) is 2.83. The lowest BCUT2D eigenvalue weighted by Crippen LogP contribution is -2.29. The number of benzene rings is 2. The van der Waals surface area contributed by atoms with E-state index in [1.165, 1.54) is 24.2 Å². The third kappa shape index (κ3) is 4.69. The molecule has 3 aromatic rings. The van der Waals surface area contributed by atoms with Gasteiger partial charge in [0.2, 0.25) is 0 Å². The first-order chi connectivity index (χ1) is 14.1. The van der Waals surface area contributed by atoms with Crippen molar-refractivity contribution in [2.45, 2.75) is 38.8 Å². The molecule has 5 heteroatoms. The molecule has 150 valence electrons. The lowest BCUT2D eigenvalue weighted by atomic mass is 10.1. The number of carboxylic acid groups (broad SMARTS) is 1. The number of rotatable bonds is 8. The Hall–Kier alpha value is -3.05. The number of para-hydroxylation sites is 1. The zero-order chi connectivity index (χ0) is 20.2. The van der Waals surface area contributed by atoms with Crippen molar-refractivity contribution in [2.75, 3.05) is 4.90 Å². The molecule has 0 saturated heterocycles. The van der Waals surface area contributed by atoms with Gasteiger partial charge in [0.15, 0.2) is 0 Å². The second-order valence-corrected chi connectivity index (χ2v) is 7.73. The van der Waals surface area contributed by atoms with Crippen LogP contribution >= 0.6 is 0 Å². The fourth-order valence-corrected chi connectivity index (χ4v) is 3.67. The van der Waals surface area contributed by atoms with Gasteiger partial charge in [-0.1, -0.05) is 31.0 Å². The van der Waals surface area contributed by atoms with Crippen molar-refractivity contribution in [1.29, 1.82) is 0 Å². The highest BCUT2D eigenvalue weighted by Gasteiger charge is 2.24. The number of carbonyl (C=O) groups is 1. The number of amides is 1. The summed E-state index contributed by atoms with van der Waals surface area (Å²) in [5.74, 6) is 1.61. The first-order valence-corrected chi connectivity index (χ1v) is 10.1. The van der Waals surface area contributed by atoms with Crippen LogP contribution in [0.25, 0.3) is 11.3 Å². The highest BCUT2D eigenvalue weighted by Crippen LogP contribution is 2.34. The van der Waals surface area contributed by atoms with Crippen LogP contribution < -0.4 is 10.2 Å². The minimum atomic E-state index is -1.01. The van der Waals surface area contributed by atoms with Crippen LogP contribution in [-0.4, -0.2) is 17.2 Å². The average Bonchev–Trinajstić information content (AvgIpc) is 3.36. The summed E-state index contributed by atoms with van der Waals surface area (Å²) in [6, 6.07) is 19.2. The summed E-state index contributed by atoms with van der Waals surface area (Å²) < 4.78 is 5.42. The van der Waals surface area contributed by atoms with Crippen LogP contribution in [0.3, 0.4) is 0 Å².